The van der Waals surface area contributed by atoms with Gasteiger partial charge in [-0.1, -0.05) is 11.3 Å². The lowest BCUT2D eigenvalue weighted by atomic mass is 9.78. The molecule has 2 aliphatic rings. The fourth-order valence-corrected chi connectivity index (χ4v) is 4.28. The number of hydrogen-bond donors (Lipinski definition) is 2. The molecule has 0 saturated heterocycles. The number of allylic oxidation sites excluding steroid dienone is 3. The van der Waals surface area contributed by atoms with E-state index in [2.05, 4.69) is 16.3 Å². The van der Waals surface area contributed by atoms with Crippen molar-refractivity contribution in [2.45, 2.75) is 25.2 Å². The largest absolute Gasteiger partial charge is 0.468 e. The predicted molar refractivity (Wildman–Crippen MR) is 93.9 cm³/mol. The van der Waals surface area contributed by atoms with Crippen LogP contribution in [0.25, 0.3) is 0 Å². The Labute approximate surface area is 152 Å². The number of aromatic nitrogens is 2. The molecule has 1 aliphatic heterocycles. The Kier molecular flexibility index (Phi) is 3.78. The fraction of sp³-hybridized carbons (Fsp3) is 0.250. The highest BCUT2D eigenvalue weighted by atomic mass is 32.1. The third kappa shape index (κ3) is 2.42. The summed E-state index contributed by atoms with van der Waals surface area (Å²) < 4.78 is 6.01. The molecule has 0 fully saturated rings. The summed E-state index contributed by atoms with van der Waals surface area (Å²) in [6.45, 7) is 0. The number of rotatable bonds is 2. The van der Waals surface area contributed by atoms with Crippen molar-refractivity contribution in [2.24, 2.45) is 5.73 Å². The predicted octanol–water partition coefficient (Wildman–Crippen LogP) is 3.10. The van der Waals surface area contributed by atoms with Gasteiger partial charge < -0.3 is 10.2 Å². The molecule has 126 valence electrons. The maximum atomic E-state index is 12.7. The van der Waals surface area contributed by atoms with Gasteiger partial charge in [0.1, 0.15) is 11.6 Å². The van der Waals surface area contributed by atoms with E-state index in [9.17, 15) is 10.1 Å². The Morgan fingerprint density at radius 3 is 3.00 bits per heavy atom. The monoisotopic (exact) mass is 371 g/mol. The van der Waals surface area contributed by atoms with Gasteiger partial charge in [-0.3, -0.25) is 14.8 Å². The van der Waals surface area contributed by atoms with E-state index in [4.69, 9.17) is 22.4 Å². The van der Waals surface area contributed by atoms with Gasteiger partial charge in [-0.05, 0) is 37.2 Å². The minimum absolute atomic E-state index is 0.00651. The van der Waals surface area contributed by atoms with Crippen molar-refractivity contribution in [3.8, 4) is 6.07 Å². The number of Topliss-reactive ketones (excluding diaryl/α,β-unsaturated/α-hetero) is 1. The van der Waals surface area contributed by atoms with Gasteiger partial charge in [0.15, 0.2) is 9.74 Å². The second-order valence-electron chi connectivity index (χ2n) is 5.73. The number of hydrogen-bond acceptors (Lipinski definition) is 8. The first-order valence-electron chi connectivity index (χ1n) is 7.67. The normalized spacial score (nSPS) is 20.7. The number of furan rings is 1. The van der Waals surface area contributed by atoms with Gasteiger partial charge in [0.25, 0.3) is 0 Å². The fourth-order valence-electron chi connectivity index (χ4n) is 3.36. The number of carbonyl (C=O) groups is 1. The molecule has 0 amide bonds. The Morgan fingerprint density at radius 1 is 1.52 bits per heavy atom. The minimum atomic E-state index is -0.578. The maximum absolute atomic E-state index is 12.7. The third-order valence-corrected chi connectivity index (χ3v) is 5.43. The number of H-pyrrole nitrogens is 1. The van der Waals surface area contributed by atoms with Crippen LogP contribution in [0.1, 0.15) is 30.9 Å². The van der Waals surface area contributed by atoms with Crippen molar-refractivity contribution in [2.75, 3.05) is 4.90 Å². The van der Waals surface area contributed by atoms with Gasteiger partial charge in [-0.2, -0.15) is 5.26 Å². The van der Waals surface area contributed by atoms with Crippen LogP contribution < -0.4 is 10.6 Å². The quantitative estimate of drug-likeness (QED) is 0.780. The van der Waals surface area contributed by atoms with Gasteiger partial charge in [0.2, 0.25) is 5.13 Å². The summed E-state index contributed by atoms with van der Waals surface area (Å²) in [5.74, 6) is 0.227. The number of nitrogens with zero attached hydrogens (tertiary/aromatic N) is 3. The highest BCUT2D eigenvalue weighted by molar-refractivity contribution is 7.73. The van der Waals surface area contributed by atoms with E-state index in [-0.39, 0.29) is 17.2 Å². The second kappa shape index (κ2) is 5.98. The van der Waals surface area contributed by atoms with Gasteiger partial charge in [0.05, 0.1) is 23.8 Å². The minimum Gasteiger partial charge on any atom is -0.468 e. The van der Waals surface area contributed by atoms with E-state index in [1.54, 1.807) is 17.0 Å². The summed E-state index contributed by atoms with van der Waals surface area (Å²) in [4.78, 5) is 14.4. The molecule has 0 spiro atoms. The topological polar surface area (TPSA) is 112 Å². The SMILES string of the molecule is N#CC1=C(N)N(c2n[nH]c(=S)s2)C2=C(C(=O)CCC2)C1c1ccco1. The maximum Gasteiger partial charge on any atom is 0.216 e. The van der Waals surface area contributed by atoms with E-state index >= 15 is 0 Å². The number of nitrogens with two attached hydrogens (primary N) is 1. The molecule has 0 aromatic carbocycles. The summed E-state index contributed by atoms with van der Waals surface area (Å²) in [5, 5.41) is 17.2. The van der Waals surface area contributed by atoms with Crippen LogP contribution in [0.5, 0.6) is 0 Å². The summed E-state index contributed by atoms with van der Waals surface area (Å²) >= 11 is 6.36. The Bertz CT molecular complexity index is 1010. The van der Waals surface area contributed by atoms with Crippen molar-refractivity contribution >= 4 is 34.5 Å². The van der Waals surface area contributed by atoms with Crippen LogP contribution >= 0.6 is 23.6 Å². The van der Waals surface area contributed by atoms with Crippen molar-refractivity contribution in [3.63, 3.8) is 0 Å². The molecule has 9 heteroatoms. The van der Waals surface area contributed by atoms with Crippen molar-refractivity contribution in [1.82, 2.24) is 10.2 Å². The van der Waals surface area contributed by atoms with Crippen molar-refractivity contribution in [1.29, 1.82) is 5.26 Å². The zero-order valence-electron chi connectivity index (χ0n) is 13.0. The van der Waals surface area contributed by atoms with Crippen molar-refractivity contribution in [3.05, 3.63) is 50.8 Å². The molecule has 0 saturated carbocycles. The van der Waals surface area contributed by atoms with E-state index in [1.807, 2.05) is 0 Å². The van der Waals surface area contributed by atoms with E-state index in [0.29, 0.717) is 33.3 Å². The average molecular weight is 371 g/mol. The highest BCUT2D eigenvalue weighted by Gasteiger charge is 2.42. The summed E-state index contributed by atoms with van der Waals surface area (Å²) in [6, 6.07) is 5.66. The molecule has 7 nitrogen and oxygen atoms in total. The van der Waals surface area contributed by atoms with E-state index < -0.39 is 5.92 Å². The molecule has 2 aromatic heterocycles. The number of aromatic amines is 1. The van der Waals surface area contributed by atoms with Crippen molar-refractivity contribution < 1.29 is 9.21 Å². The van der Waals surface area contributed by atoms with Gasteiger partial charge in [0, 0.05) is 17.7 Å². The van der Waals surface area contributed by atoms with E-state index in [0.717, 1.165) is 12.1 Å². The molecule has 0 radical (unpaired) electrons. The highest BCUT2D eigenvalue weighted by Crippen LogP contribution is 2.46. The smallest absolute Gasteiger partial charge is 0.216 e. The first-order valence-corrected chi connectivity index (χ1v) is 8.89. The molecule has 2 aromatic rings. The number of nitriles is 1. The van der Waals surface area contributed by atoms with Crippen LogP contribution in [0.3, 0.4) is 0 Å². The van der Waals surface area contributed by atoms with Gasteiger partial charge in [-0.25, -0.2) is 0 Å². The molecule has 1 unspecified atom stereocenters. The first kappa shape index (κ1) is 15.8. The lowest BCUT2D eigenvalue weighted by molar-refractivity contribution is -0.116. The number of ketones is 1. The first-order chi connectivity index (χ1) is 12.1. The average Bonchev–Trinajstić information content (AvgIpc) is 3.26. The number of nitrogens with one attached hydrogen (secondary N) is 1. The molecule has 0 bridgehead atoms. The molecule has 3 heterocycles. The lowest BCUT2D eigenvalue weighted by Gasteiger charge is -2.37. The summed E-state index contributed by atoms with van der Waals surface area (Å²) in [7, 11) is 0. The van der Waals surface area contributed by atoms with Crippen LogP contribution in [0, 0.1) is 15.3 Å². The molecule has 1 atom stereocenters. The van der Waals surface area contributed by atoms with Crippen LogP contribution in [0.4, 0.5) is 5.13 Å². The van der Waals surface area contributed by atoms with Gasteiger partial charge in [-0.15, -0.1) is 5.10 Å². The standard InChI is InChI=1S/C16H13N5O2S2/c17-7-8-12(11-5-2-6-23-11)13-9(3-1-4-10(13)22)21(14(8)18)15-19-20-16(24)25-15/h2,5-6,12H,1,3-4,18H2,(H,20,24). The zero-order chi connectivity index (χ0) is 17.6. The molecule has 3 N–H and O–H groups in total. The Morgan fingerprint density at radius 2 is 2.36 bits per heavy atom. The number of anilines is 1. The molecule has 25 heavy (non-hydrogen) atoms. The summed E-state index contributed by atoms with van der Waals surface area (Å²) in [5.41, 5.74) is 7.95. The third-order valence-electron chi connectivity index (χ3n) is 4.36. The molecular formula is C16H13N5O2S2. The molecule has 4 rings (SSSR count). The Balaban J connectivity index is 1.99. The lowest BCUT2D eigenvalue weighted by Crippen LogP contribution is -2.38. The number of carbonyl (C=O) groups excluding carboxylic acids is 1. The van der Waals surface area contributed by atoms with Crippen LogP contribution in [0.2, 0.25) is 0 Å². The van der Waals surface area contributed by atoms with Gasteiger partial charge >= 0.3 is 0 Å². The second-order valence-corrected chi connectivity index (χ2v) is 7.37. The van der Waals surface area contributed by atoms with Crippen LogP contribution in [0.15, 0.2) is 45.5 Å². The Hall–Kier alpha value is -2.70. The van der Waals surface area contributed by atoms with E-state index in [1.165, 1.54) is 17.6 Å². The molecular weight excluding hydrogens is 358 g/mol. The molecule has 1 aliphatic carbocycles. The summed E-state index contributed by atoms with van der Waals surface area (Å²) in [6.07, 6.45) is 3.37. The van der Waals surface area contributed by atoms with Crippen LogP contribution in [-0.2, 0) is 4.79 Å². The zero-order valence-corrected chi connectivity index (χ0v) is 14.6. The van der Waals surface area contributed by atoms with Crippen LogP contribution in [-0.4, -0.2) is 16.0 Å².